The third kappa shape index (κ3) is 4.13. The van der Waals surface area contributed by atoms with Gasteiger partial charge in [0.05, 0.1) is 45.0 Å². The minimum absolute atomic E-state index is 0. The molecular formula is C22H29BrN2S. The molecule has 2 fully saturated rings. The maximum atomic E-state index is 2.62. The van der Waals surface area contributed by atoms with Gasteiger partial charge in [-0.1, -0.05) is 41.6 Å². The van der Waals surface area contributed by atoms with E-state index in [1.54, 1.807) is 0 Å². The summed E-state index contributed by atoms with van der Waals surface area (Å²) in [7, 11) is 0. The maximum absolute atomic E-state index is 2.62. The molecule has 1 spiro atoms. The average molecular weight is 433 g/mol. The Labute approximate surface area is 172 Å². The number of halogens is 1. The van der Waals surface area contributed by atoms with Crippen LogP contribution in [0, 0.1) is 13.8 Å². The topological polar surface area (TPSA) is 3.24 Å². The molecule has 140 valence electrons. The summed E-state index contributed by atoms with van der Waals surface area (Å²) in [5.74, 6) is 0. The molecule has 26 heavy (non-hydrogen) atoms. The molecule has 2 heterocycles. The molecule has 0 N–H and O–H groups in total. The zero-order chi connectivity index (χ0) is 17.3. The quantitative estimate of drug-likeness (QED) is 0.681. The molecule has 2 aromatic rings. The third-order valence-corrected chi connectivity index (χ3v) is 7.20. The number of piperazine rings is 1. The van der Waals surface area contributed by atoms with Gasteiger partial charge >= 0.3 is 0 Å². The van der Waals surface area contributed by atoms with Gasteiger partial charge in [0, 0.05) is 22.6 Å². The van der Waals surface area contributed by atoms with E-state index in [1.807, 2.05) is 11.8 Å². The van der Waals surface area contributed by atoms with Gasteiger partial charge in [0.1, 0.15) is 0 Å². The lowest BCUT2D eigenvalue weighted by molar-refractivity contribution is -0.917. The molecule has 0 saturated carbocycles. The molecule has 2 aliphatic heterocycles. The Morgan fingerprint density at radius 1 is 0.846 bits per heavy atom. The molecule has 2 aromatic carbocycles. The van der Waals surface area contributed by atoms with Crippen molar-refractivity contribution in [2.45, 2.75) is 36.5 Å². The van der Waals surface area contributed by atoms with Crippen molar-refractivity contribution in [2.75, 3.05) is 44.2 Å². The Morgan fingerprint density at radius 3 is 2.23 bits per heavy atom. The number of quaternary nitrogens is 1. The number of benzene rings is 2. The second-order valence-electron chi connectivity index (χ2n) is 7.77. The van der Waals surface area contributed by atoms with Gasteiger partial charge in [-0.05, 0) is 37.6 Å². The van der Waals surface area contributed by atoms with E-state index < -0.39 is 0 Å². The predicted molar refractivity (Wildman–Crippen MR) is 108 cm³/mol. The standard InChI is InChI=1S/C22H29N2S.BrH/c1-18-9-10-21(19(2)17-18)25-22-8-4-3-7-20(22)23-11-15-24(16-12-23)13-5-6-14-24;/h3-4,7-10,17H,5-6,11-16H2,1-2H3;1H/q+1;/p-1. The predicted octanol–water partition coefficient (Wildman–Crippen LogP) is 1.89. The number of para-hydroxylation sites is 1. The van der Waals surface area contributed by atoms with Crippen LogP contribution in [0.1, 0.15) is 24.0 Å². The van der Waals surface area contributed by atoms with Crippen molar-refractivity contribution in [1.29, 1.82) is 0 Å². The zero-order valence-corrected chi connectivity index (χ0v) is 18.3. The molecule has 0 aromatic heterocycles. The van der Waals surface area contributed by atoms with Crippen LogP contribution < -0.4 is 21.9 Å². The highest BCUT2D eigenvalue weighted by atomic mass is 79.9. The smallest absolute Gasteiger partial charge is 0.0965 e. The summed E-state index contributed by atoms with van der Waals surface area (Å²) in [5.41, 5.74) is 4.13. The van der Waals surface area contributed by atoms with Crippen molar-refractivity contribution >= 4 is 17.4 Å². The maximum Gasteiger partial charge on any atom is 0.0965 e. The number of rotatable bonds is 3. The molecule has 0 radical (unpaired) electrons. The first-order valence-electron chi connectivity index (χ1n) is 9.59. The molecular weight excluding hydrogens is 404 g/mol. The Balaban J connectivity index is 0.00000196. The average Bonchev–Trinajstić information content (AvgIpc) is 3.07. The summed E-state index contributed by atoms with van der Waals surface area (Å²) in [6.45, 7) is 12.3. The van der Waals surface area contributed by atoms with Crippen LogP contribution in [0.3, 0.4) is 0 Å². The lowest BCUT2D eigenvalue weighted by atomic mass is 10.2. The molecule has 2 nitrogen and oxygen atoms in total. The summed E-state index contributed by atoms with van der Waals surface area (Å²) in [4.78, 5) is 5.38. The van der Waals surface area contributed by atoms with Crippen LogP contribution in [0.5, 0.6) is 0 Å². The minimum Gasteiger partial charge on any atom is -1.00 e. The number of anilines is 1. The van der Waals surface area contributed by atoms with Crippen molar-refractivity contribution in [1.82, 2.24) is 0 Å². The van der Waals surface area contributed by atoms with E-state index in [0.29, 0.717) is 0 Å². The van der Waals surface area contributed by atoms with Crippen LogP contribution >= 0.6 is 11.8 Å². The molecule has 2 aliphatic rings. The zero-order valence-electron chi connectivity index (χ0n) is 15.9. The van der Waals surface area contributed by atoms with Crippen LogP contribution in [0.4, 0.5) is 5.69 Å². The summed E-state index contributed by atoms with van der Waals surface area (Å²) in [6.07, 6.45) is 2.86. The Bertz CT molecular complexity index is 746. The van der Waals surface area contributed by atoms with Crippen molar-refractivity contribution in [3.63, 3.8) is 0 Å². The minimum atomic E-state index is 0. The van der Waals surface area contributed by atoms with E-state index in [9.17, 15) is 0 Å². The second kappa shape index (κ2) is 8.37. The first-order valence-corrected chi connectivity index (χ1v) is 10.4. The Kier molecular flexibility index (Phi) is 6.37. The van der Waals surface area contributed by atoms with Crippen LogP contribution in [-0.4, -0.2) is 43.8 Å². The highest BCUT2D eigenvalue weighted by molar-refractivity contribution is 7.99. The molecule has 0 amide bonds. The summed E-state index contributed by atoms with van der Waals surface area (Å²) < 4.78 is 1.38. The van der Waals surface area contributed by atoms with E-state index in [4.69, 9.17) is 0 Å². The molecule has 0 unspecified atom stereocenters. The van der Waals surface area contributed by atoms with Crippen molar-refractivity contribution in [2.24, 2.45) is 0 Å². The first-order chi connectivity index (χ1) is 12.2. The van der Waals surface area contributed by atoms with E-state index >= 15 is 0 Å². The van der Waals surface area contributed by atoms with Crippen molar-refractivity contribution < 1.29 is 21.5 Å². The van der Waals surface area contributed by atoms with Gasteiger partial charge < -0.3 is 26.4 Å². The monoisotopic (exact) mass is 432 g/mol. The second-order valence-corrected chi connectivity index (χ2v) is 8.85. The van der Waals surface area contributed by atoms with Crippen molar-refractivity contribution in [3.05, 3.63) is 53.6 Å². The van der Waals surface area contributed by atoms with E-state index in [2.05, 4.69) is 61.2 Å². The van der Waals surface area contributed by atoms with Gasteiger partial charge in [-0.25, -0.2) is 0 Å². The first kappa shape index (κ1) is 19.8. The van der Waals surface area contributed by atoms with Crippen LogP contribution in [-0.2, 0) is 0 Å². The van der Waals surface area contributed by atoms with Crippen molar-refractivity contribution in [3.8, 4) is 0 Å². The van der Waals surface area contributed by atoms with Gasteiger partial charge in [-0.2, -0.15) is 0 Å². The SMILES string of the molecule is Cc1ccc(Sc2ccccc2N2CC[N+]3(CCCC3)CC2)c(C)c1.[Br-]. The summed E-state index contributed by atoms with van der Waals surface area (Å²) >= 11 is 1.92. The number of nitrogens with zero attached hydrogens (tertiary/aromatic N) is 2. The number of aryl methyl sites for hydroxylation is 2. The Hall–Kier alpha value is -0.970. The molecule has 4 heteroatoms. The number of hydrogen-bond acceptors (Lipinski definition) is 2. The van der Waals surface area contributed by atoms with Crippen LogP contribution in [0.15, 0.2) is 52.3 Å². The largest absolute Gasteiger partial charge is 1.00 e. The lowest BCUT2D eigenvalue weighted by Gasteiger charge is -2.43. The summed E-state index contributed by atoms with van der Waals surface area (Å²) in [5, 5.41) is 0. The van der Waals surface area contributed by atoms with Gasteiger partial charge in [-0.15, -0.1) is 0 Å². The fourth-order valence-corrected chi connectivity index (χ4v) is 5.46. The Morgan fingerprint density at radius 2 is 1.54 bits per heavy atom. The molecule has 2 saturated heterocycles. The number of hydrogen-bond donors (Lipinski definition) is 0. The fourth-order valence-electron chi connectivity index (χ4n) is 4.42. The van der Waals surface area contributed by atoms with Gasteiger partial charge in [0.2, 0.25) is 0 Å². The van der Waals surface area contributed by atoms with E-state index in [0.717, 1.165) is 0 Å². The third-order valence-electron chi connectivity index (χ3n) is 5.96. The molecule has 0 bridgehead atoms. The normalized spacial score (nSPS) is 18.8. The molecule has 4 rings (SSSR count). The van der Waals surface area contributed by atoms with Gasteiger partial charge in [-0.3, -0.25) is 0 Å². The van der Waals surface area contributed by atoms with E-state index in [1.165, 1.54) is 83.2 Å². The van der Waals surface area contributed by atoms with Crippen LogP contribution in [0.2, 0.25) is 0 Å². The fraction of sp³-hybridized carbons (Fsp3) is 0.455. The molecule has 0 aliphatic carbocycles. The van der Waals surface area contributed by atoms with E-state index in [-0.39, 0.29) is 17.0 Å². The van der Waals surface area contributed by atoms with Gasteiger partial charge in [0.15, 0.2) is 0 Å². The highest BCUT2D eigenvalue weighted by Gasteiger charge is 2.36. The highest BCUT2D eigenvalue weighted by Crippen LogP contribution is 2.38. The summed E-state index contributed by atoms with van der Waals surface area (Å²) in [6, 6.07) is 15.7. The molecule has 0 atom stereocenters. The lowest BCUT2D eigenvalue weighted by Crippen LogP contribution is -3.00. The van der Waals surface area contributed by atoms with Crippen LogP contribution in [0.25, 0.3) is 0 Å². The van der Waals surface area contributed by atoms with Gasteiger partial charge in [0.25, 0.3) is 0 Å².